The van der Waals surface area contributed by atoms with Crippen LogP contribution in [0.25, 0.3) is 0 Å². The van der Waals surface area contributed by atoms with Crippen molar-refractivity contribution in [3.63, 3.8) is 0 Å². The molecule has 0 saturated heterocycles. The SMILES string of the molecule is O=C1C[C@H](c2c(F)cccc2Cl)c2cnn(Cc3ccco3)c2N1. The van der Waals surface area contributed by atoms with Crippen molar-refractivity contribution < 1.29 is 13.6 Å². The highest BCUT2D eigenvalue weighted by molar-refractivity contribution is 6.31. The molecule has 2 aromatic heterocycles. The number of nitrogens with one attached hydrogen (secondary N) is 1. The van der Waals surface area contributed by atoms with Gasteiger partial charge in [0.1, 0.15) is 23.9 Å². The molecule has 0 unspecified atom stereocenters. The van der Waals surface area contributed by atoms with Crippen molar-refractivity contribution >= 4 is 23.3 Å². The predicted molar refractivity (Wildman–Crippen MR) is 86.5 cm³/mol. The minimum absolute atomic E-state index is 0.125. The number of carbonyl (C=O) groups excluding carboxylic acids is 1. The zero-order valence-electron chi connectivity index (χ0n) is 12.5. The van der Waals surface area contributed by atoms with Gasteiger partial charge in [0, 0.05) is 28.5 Å². The first-order valence-electron chi connectivity index (χ1n) is 7.45. The Labute approximate surface area is 142 Å². The molecule has 0 saturated carbocycles. The summed E-state index contributed by atoms with van der Waals surface area (Å²) in [5.74, 6) is 0.168. The Morgan fingerprint density at radius 2 is 2.25 bits per heavy atom. The van der Waals surface area contributed by atoms with Gasteiger partial charge in [0.2, 0.25) is 5.91 Å². The highest BCUT2D eigenvalue weighted by Gasteiger charge is 2.32. The van der Waals surface area contributed by atoms with Crippen molar-refractivity contribution in [3.8, 4) is 0 Å². The fourth-order valence-corrected chi connectivity index (χ4v) is 3.34. The number of hydrogen-bond acceptors (Lipinski definition) is 3. The summed E-state index contributed by atoms with van der Waals surface area (Å²) in [4.78, 5) is 12.1. The van der Waals surface area contributed by atoms with E-state index in [0.717, 1.165) is 5.56 Å². The number of amides is 1. The lowest BCUT2D eigenvalue weighted by molar-refractivity contribution is -0.116. The minimum Gasteiger partial charge on any atom is -0.467 e. The molecule has 1 atom stereocenters. The summed E-state index contributed by atoms with van der Waals surface area (Å²) in [6.07, 6.45) is 3.34. The van der Waals surface area contributed by atoms with Crippen LogP contribution in [-0.2, 0) is 11.3 Å². The molecular formula is C17H13ClFN3O2. The third-order valence-electron chi connectivity index (χ3n) is 4.12. The van der Waals surface area contributed by atoms with Gasteiger partial charge in [-0.25, -0.2) is 9.07 Å². The quantitative estimate of drug-likeness (QED) is 0.785. The first-order valence-corrected chi connectivity index (χ1v) is 7.83. The fourth-order valence-electron chi connectivity index (χ4n) is 3.04. The van der Waals surface area contributed by atoms with Gasteiger partial charge in [-0.2, -0.15) is 5.10 Å². The molecule has 24 heavy (non-hydrogen) atoms. The van der Waals surface area contributed by atoms with Gasteiger partial charge in [-0.05, 0) is 24.3 Å². The number of furan rings is 1. The largest absolute Gasteiger partial charge is 0.467 e. The van der Waals surface area contributed by atoms with E-state index in [4.69, 9.17) is 16.0 Å². The molecule has 1 aliphatic heterocycles. The lowest BCUT2D eigenvalue weighted by Gasteiger charge is -2.24. The maximum absolute atomic E-state index is 14.3. The first kappa shape index (κ1) is 15.0. The van der Waals surface area contributed by atoms with Crippen LogP contribution in [0.3, 0.4) is 0 Å². The van der Waals surface area contributed by atoms with Crippen LogP contribution in [0.15, 0.2) is 47.2 Å². The summed E-state index contributed by atoms with van der Waals surface area (Å²) < 4.78 is 21.3. The van der Waals surface area contributed by atoms with Crippen molar-refractivity contribution in [2.75, 3.05) is 5.32 Å². The average Bonchev–Trinajstić information content (AvgIpc) is 3.18. The molecule has 4 rings (SSSR count). The Bertz CT molecular complexity index is 884. The van der Waals surface area contributed by atoms with Crippen molar-refractivity contribution in [1.29, 1.82) is 0 Å². The van der Waals surface area contributed by atoms with Crippen LogP contribution in [0.2, 0.25) is 5.02 Å². The van der Waals surface area contributed by atoms with E-state index in [9.17, 15) is 9.18 Å². The second-order valence-electron chi connectivity index (χ2n) is 5.63. The summed E-state index contributed by atoms with van der Waals surface area (Å²) in [6.45, 7) is 0.375. The van der Waals surface area contributed by atoms with Gasteiger partial charge in [0.15, 0.2) is 0 Å². The molecule has 122 valence electrons. The molecule has 1 amide bonds. The summed E-state index contributed by atoms with van der Waals surface area (Å²) in [5, 5.41) is 7.44. The summed E-state index contributed by atoms with van der Waals surface area (Å²) in [5.41, 5.74) is 1.07. The van der Waals surface area contributed by atoms with E-state index in [0.29, 0.717) is 28.7 Å². The smallest absolute Gasteiger partial charge is 0.226 e. The Morgan fingerprint density at radius 1 is 1.38 bits per heavy atom. The number of anilines is 1. The number of nitrogens with zero attached hydrogens (tertiary/aromatic N) is 2. The van der Waals surface area contributed by atoms with E-state index >= 15 is 0 Å². The van der Waals surface area contributed by atoms with Crippen molar-refractivity contribution in [3.05, 3.63) is 70.5 Å². The van der Waals surface area contributed by atoms with Crippen LogP contribution < -0.4 is 5.32 Å². The van der Waals surface area contributed by atoms with Crippen molar-refractivity contribution in [1.82, 2.24) is 9.78 Å². The Kier molecular flexibility index (Phi) is 3.61. The zero-order valence-corrected chi connectivity index (χ0v) is 13.3. The number of carbonyl (C=O) groups is 1. The van der Waals surface area contributed by atoms with E-state index in [2.05, 4.69) is 10.4 Å². The van der Waals surface area contributed by atoms with Crippen LogP contribution in [0.4, 0.5) is 10.2 Å². The van der Waals surface area contributed by atoms with Gasteiger partial charge in [-0.15, -0.1) is 0 Å². The maximum Gasteiger partial charge on any atom is 0.226 e. The summed E-state index contributed by atoms with van der Waals surface area (Å²) >= 11 is 6.19. The van der Waals surface area contributed by atoms with E-state index in [1.165, 1.54) is 6.07 Å². The summed E-state index contributed by atoms with van der Waals surface area (Å²) in [6, 6.07) is 8.13. The molecular weight excluding hydrogens is 333 g/mol. The number of hydrogen-bond donors (Lipinski definition) is 1. The van der Waals surface area contributed by atoms with E-state index in [1.54, 1.807) is 35.3 Å². The molecule has 1 aliphatic rings. The van der Waals surface area contributed by atoms with Gasteiger partial charge < -0.3 is 9.73 Å². The number of rotatable bonds is 3. The molecule has 0 radical (unpaired) electrons. The monoisotopic (exact) mass is 345 g/mol. The Morgan fingerprint density at radius 3 is 3.00 bits per heavy atom. The fraction of sp³-hybridized carbons (Fsp3) is 0.176. The van der Waals surface area contributed by atoms with Crippen LogP contribution >= 0.6 is 11.6 Å². The molecule has 0 fully saturated rings. The molecule has 0 bridgehead atoms. The number of fused-ring (bicyclic) bond motifs is 1. The van der Waals surface area contributed by atoms with E-state index in [-0.39, 0.29) is 12.3 Å². The topological polar surface area (TPSA) is 60.1 Å². The Balaban J connectivity index is 1.78. The number of aromatic nitrogens is 2. The number of benzene rings is 1. The maximum atomic E-state index is 14.3. The van der Waals surface area contributed by atoms with Gasteiger partial charge >= 0.3 is 0 Å². The molecule has 0 aliphatic carbocycles. The zero-order chi connectivity index (χ0) is 16.7. The molecule has 1 N–H and O–H groups in total. The molecule has 3 heterocycles. The van der Waals surface area contributed by atoms with Gasteiger partial charge in [-0.3, -0.25) is 4.79 Å². The average molecular weight is 346 g/mol. The highest BCUT2D eigenvalue weighted by Crippen LogP contribution is 2.40. The third kappa shape index (κ3) is 2.49. The van der Waals surface area contributed by atoms with Crippen LogP contribution in [0, 0.1) is 5.82 Å². The Hall–Kier alpha value is -2.60. The van der Waals surface area contributed by atoms with Gasteiger partial charge in [-0.1, -0.05) is 17.7 Å². The molecule has 3 aromatic rings. The normalized spacial score (nSPS) is 16.8. The van der Waals surface area contributed by atoms with Crippen LogP contribution in [0.1, 0.15) is 29.2 Å². The van der Waals surface area contributed by atoms with Crippen LogP contribution in [0.5, 0.6) is 0 Å². The number of halogens is 2. The van der Waals surface area contributed by atoms with E-state index < -0.39 is 11.7 Å². The molecule has 1 aromatic carbocycles. The second-order valence-corrected chi connectivity index (χ2v) is 6.03. The third-order valence-corrected chi connectivity index (χ3v) is 4.45. The molecule has 7 heteroatoms. The summed E-state index contributed by atoms with van der Waals surface area (Å²) in [7, 11) is 0. The van der Waals surface area contributed by atoms with Crippen molar-refractivity contribution in [2.45, 2.75) is 18.9 Å². The highest BCUT2D eigenvalue weighted by atomic mass is 35.5. The predicted octanol–water partition coefficient (Wildman–Crippen LogP) is 3.79. The lowest BCUT2D eigenvalue weighted by atomic mass is 9.87. The van der Waals surface area contributed by atoms with Crippen molar-refractivity contribution in [2.24, 2.45) is 0 Å². The molecule has 0 spiro atoms. The second kappa shape index (κ2) is 5.79. The van der Waals surface area contributed by atoms with Gasteiger partial charge in [0.25, 0.3) is 0 Å². The van der Waals surface area contributed by atoms with E-state index in [1.807, 2.05) is 6.07 Å². The molecule has 5 nitrogen and oxygen atoms in total. The lowest BCUT2D eigenvalue weighted by Crippen LogP contribution is -2.25. The first-order chi connectivity index (χ1) is 11.6. The standard InChI is InChI=1S/C17H13ClFN3O2/c18-13-4-1-5-14(19)16(13)11-7-15(23)21-17-12(11)8-20-22(17)9-10-3-2-6-24-10/h1-6,8,11H,7,9H2,(H,21,23)/t11-/m0/s1. The van der Waals surface area contributed by atoms with Gasteiger partial charge in [0.05, 0.1) is 12.5 Å². The van der Waals surface area contributed by atoms with Crippen LogP contribution in [-0.4, -0.2) is 15.7 Å². The minimum atomic E-state index is -0.465.